The molecular weight excluding hydrogens is 558 g/mol. The summed E-state index contributed by atoms with van der Waals surface area (Å²) < 4.78 is 11.7. The molecule has 0 aromatic carbocycles. The molecule has 2 unspecified atom stereocenters. The average Bonchev–Trinajstić information content (AvgIpc) is 2.97. The fraction of sp³-hybridized carbons (Fsp3) is 0.857. The average molecular weight is 621 g/mol. The number of nitrogens with zero attached hydrogens (tertiary/aromatic N) is 1. The number of carbonyl (C=O) groups excluding carboxylic acids is 3. The molecule has 9 heteroatoms. The molecule has 2 rings (SSSR count). The number of nitrogens with one attached hydrogen (secondary N) is 1. The Balaban J connectivity index is 1.93. The maximum atomic E-state index is 13.6. The van der Waals surface area contributed by atoms with Crippen molar-refractivity contribution in [2.75, 3.05) is 13.2 Å². The third-order valence-corrected chi connectivity index (χ3v) is 9.37. The van der Waals surface area contributed by atoms with E-state index in [9.17, 15) is 19.5 Å². The van der Waals surface area contributed by atoms with Gasteiger partial charge in [0.25, 0.3) is 5.91 Å². The second kappa shape index (κ2) is 18.7. The van der Waals surface area contributed by atoms with Crippen LogP contribution in [0.4, 0.5) is 4.79 Å². The number of unbranched alkanes of at least 4 members (excludes halogenated alkanes) is 11. The lowest BCUT2D eigenvalue weighted by Gasteiger charge is -2.52. The van der Waals surface area contributed by atoms with E-state index in [1.54, 1.807) is 13.8 Å². The summed E-state index contributed by atoms with van der Waals surface area (Å²) in [5.74, 6) is -2.95. The first-order chi connectivity index (χ1) is 20.9. The van der Waals surface area contributed by atoms with Crippen LogP contribution in [0.3, 0.4) is 0 Å². The Hall–Kier alpha value is -2.13. The number of nitrogens with two attached hydrogens (primary N) is 1. The topological polar surface area (TPSA) is 134 Å². The van der Waals surface area contributed by atoms with Crippen LogP contribution in [0.25, 0.3) is 0 Å². The molecule has 0 aromatic heterocycles. The molecule has 44 heavy (non-hydrogen) atoms. The lowest BCUT2D eigenvalue weighted by Crippen LogP contribution is -2.71. The van der Waals surface area contributed by atoms with Crippen molar-refractivity contribution >= 4 is 17.9 Å². The summed E-state index contributed by atoms with van der Waals surface area (Å²) in [6.45, 7) is 10.0. The Labute approximate surface area is 267 Å². The van der Waals surface area contributed by atoms with Gasteiger partial charge in [-0.25, -0.2) is 4.79 Å². The van der Waals surface area contributed by atoms with Gasteiger partial charge in [0.05, 0.1) is 24.2 Å². The molecule has 1 aliphatic carbocycles. The van der Waals surface area contributed by atoms with E-state index in [2.05, 4.69) is 24.4 Å². The number of allylic oxidation sites excluding steroid dienone is 2. The van der Waals surface area contributed by atoms with Gasteiger partial charge in [-0.2, -0.15) is 0 Å². The minimum atomic E-state index is -1.42. The highest BCUT2D eigenvalue weighted by Gasteiger charge is 2.51. The fourth-order valence-corrected chi connectivity index (χ4v) is 6.72. The molecule has 1 saturated carbocycles. The Morgan fingerprint density at radius 2 is 1.43 bits per heavy atom. The maximum absolute atomic E-state index is 13.6. The summed E-state index contributed by atoms with van der Waals surface area (Å²) in [4.78, 5) is 40.6. The number of rotatable bonds is 20. The molecule has 1 heterocycles. The normalized spacial score (nSPS) is 21.5. The van der Waals surface area contributed by atoms with Crippen LogP contribution in [0.2, 0.25) is 0 Å². The highest BCUT2D eigenvalue weighted by molar-refractivity contribution is 5.88. The standard InChI is InChI=1S/C35H63N3O6/c1-6-7-8-9-10-11-12-13-14-15-16-17-18-19-23-26-38(32(36)42)35(24-21-20-22-25-35)28(31(40)41)37-30(39)29-33(2,3)27-43-34(4,5)44-29/h13-14,28-29H,6-12,15-27H2,1-5H3,(H2,36,42)(H,37,39)(H,40,41)/p-1/b14-13+. The van der Waals surface area contributed by atoms with Gasteiger partial charge in [-0.1, -0.05) is 104 Å². The molecule has 1 saturated heterocycles. The number of ether oxygens (including phenoxy) is 2. The molecule has 2 atom stereocenters. The van der Waals surface area contributed by atoms with E-state index in [1.165, 1.54) is 49.8 Å². The number of hydrogen-bond donors (Lipinski definition) is 2. The van der Waals surface area contributed by atoms with Crippen LogP contribution < -0.4 is 16.2 Å². The van der Waals surface area contributed by atoms with Crippen molar-refractivity contribution in [3.05, 3.63) is 12.2 Å². The zero-order valence-electron chi connectivity index (χ0n) is 28.4. The summed E-state index contributed by atoms with van der Waals surface area (Å²) in [6, 6.07) is -2.07. The van der Waals surface area contributed by atoms with E-state index in [1.807, 2.05) is 13.8 Å². The van der Waals surface area contributed by atoms with Crippen LogP contribution in [0.5, 0.6) is 0 Å². The minimum Gasteiger partial charge on any atom is -0.548 e. The monoisotopic (exact) mass is 620 g/mol. The molecule has 2 fully saturated rings. The summed E-state index contributed by atoms with van der Waals surface area (Å²) in [5, 5.41) is 15.4. The van der Waals surface area contributed by atoms with Crippen molar-refractivity contribution in [1.82, 2.24) is 10.2 Å². The Kier molecular flexibility index (Phi) is 16.2. The fourth-order valence-electron chi connectivity index (χ4n) is 6.72. The minimum absolute atomic E-state index is 0.280. The number of carboxylic acid groups (broad SMARTS) is 1. The van der Waals surface area contributed by atoms with E-state index in [4.69, 9.17) is 15.2 Å². The molecular formula is C35H62N3O6-. The highest BCUT2D eigenvalue weighted by atomic mass is 16.7. The second-order valence-electron chi connectivity index (χ2n) is 14.2. The molecule has 0 bridgehead atoms. The smallest absolute Gasteiger partial charge is 0.315 e. The van der Waals surface area contributed by atoms with Crippen molar-refractivity contribution in [2.45, 2.75) is 174 Å². The van der Waals surface area contributed by atoms with Crippen molar-refractivity contribution in [1.29, 1.82) is 0 Å². The number of urea groups is 1. The zero-order valence-corrected chi connectivity index (χ0v) is 28.4. The van der Waals surface area contributed by atoms with Crippen LogP contribution in [0.1, 0.15) is 150 Å². The van der Waals surface area contributed by atoms with Gasteiger partial charge in [0.15, 0.2) is 5.79 Å². The molecule has 0 spiro atoms. The predicted octanol–water partition coefficient (Wildman–Crippen LogP) is 6.13. The first kappa shape index (κ1) is 38.1. The zero-order chi connectivity index (χ0) is 32.6. The number of carboxylic acids is 1. The van der Waals surface area contributed by atoms with Crippen molar-refractivity contribution < 1.29 is 29.0 Å². The highest BCUT2D eigenvalue weighted by Crippen LogP contribution is 2.39. The van der Waals surface area contributed by atoms with Crippen LogP contribution in [0, 0.1) is 5.41 Å². The van der Waals surface area contributed by atoms with Crippen LogP contribution in [-0.2, 0) is 19.1 Å². The molecule has 0 aromatic rings. The summed E-state index contributed by atoms with van der Waals surface area (Å²) >= 11 is 0. The first-order valence-electron chi connectivity index (χ1n) is 17.4. The van der Waals surface area contributed by atoms with Crippen LogP contribution in [-0.4, -0.2) is 59.4 Å². The molecule has 1 aliphatic heterocycles. The van der Waals surface area contributed by atoms with Crippen LogP contribution >= 0.6 is 0 Å². The van der Waals surface area contributed by atoms with Gasteiger partial charge in [0, 0.05) is 12.0 Å². The summed E-state index contributed by atoms with van der Waals surface area (Å²) in [6.07, 6.45) is 22.1. The third-order valence-electron chi connectivity index (χ3n) is 9.37. The largest absolute Gasteiger partial charge is 0.548 e. The van der Waals surface area contributed by atoms with E-state index in [-0.39, 0.29) is 6.61 Å². The molecule has 254 valence electrons. The van der Waals surface area contributed by atoms with Gasteiger partial charge in [0.1, 0.15) is 6.10 Å². The Bertz CT molecular complexity index is 912. The maximum Gasteiger partial charge on any atom is 0.315 e. The van der Waals surface area contributed by atoms with Gasteiger partial charge >= 0.3 is 6.03 Å². The number of carbonyl (C=O) groups is 3. The Morgan fingerprint density at radius 1 is 0.886 bits per heavy atom. The third kappa shape index (κ3) is 12.0. The van der Waals surface area contributed by atoms with E-state index in [0.29, 0.717) is 19.4 Å². The van der Waals surface area contributed by atoms with Gasteiger partial charge in [-0.15, -0.1) is 0 Å². The first-order valence-corrected chi connectivity index (χ1v) is 17.4. The van der Waals surface area contributed by atoms with Crippen LogP contribution in [0.15, 0.2) is 12.2 Å². The molecule has 9 nitrogen and oxygen atoms in total. The van der Waals surface area contributed by atoms with Crippen molar-refractivity contribution in [3.63, 3.8) is 0 Å². The second-order valence-corrected chi connectivity index (χ2v) is 14.2. The Morgan fingerprint density at radius 3 is 1.98 bits per heavy atom. The molecule has 2 aliphatic rings. The van der Waals surface area contributed by atoms with Gasteiger partial charge in [-0.3, -0.25) is 4.79 Å². The number of amides is 3. The van der Waals surface area contributed by atoms with E-state index < -0.39 is 46.8 Å². The SMILES string of the molecule is CCCCCCCC/C=C/CCCCCCCN(C(N)=O)C1(C(NC(=O)C2OC(C)(C)OCC2(C)C)C(=O)[O-])CCCCC1. The van der Waals surface area contributed by atoms with E-state index >= 15 is 0 Å². The van der Waals surface area contributed by atoms with E-state index in [0.717, 1.165) is 57.8 Å². The lowest BCUT2D eigenvalue weighted by atomic mass is 9.74. The summed E-state index contributed by atoms with van der Waals surface area (Å²) in [5.41, 5.74) is 4.09. The molecule has 0 radical (unpaired) electrons. The molecule has 3 N–H and O–H groups in total. The van der Waals surface area contributed by atoms with Gasteiger partial charge in [0.2, 0.25) is 0 Å². The summed E-state index contributed by atoms with van der Waals surface area (Å²) in [7, 11) is 0. The predicted molar refractivity (Wildman–Crippen MR) is 173 cm³/mol. The van der Waals surface area contributed by atoms with Gasteiger partial charge < -0.3 is 35.3 Å². The van der Waals surface area contributed by atoms with Crippen molar-refractivity contribution in [2.24, 2.45) is 11.1 Å². The molecule has 3 amide bonds. The quantitative estimate of drug-likeness (QED) is 0.124. The number of hydrogen-bond acceptors (Lipinski definition) is 6. The lowest BCUT2D eigenvalue weighted by molar-refractivity contribution is -0.313. The van der Waals surface area contributed by atoms with Gasteiger partial charge in [-0.05, 0) is 58.8 Å². The number of primary amides is 1. The number of aliphatic carboxylic acids is 1. The van der Waals surface area contributed by atoms with Crippen molar-refractivity contribution in [3.8, 4) is 0 Å².